The van der Waals surface area contributed by atoms with Crippen LogP contribution in [0.5, 0.6) is 0 Å². The topological polar surface area (TPSA) is 107 Å². The van der Waals surface area contributed by atoms with Crippen LogP contribution in [-0.4, -0.2) is 41.9 Å². The number of aliphatic hydroxyl groups excluding tert-OH is 1. The third kappa shape index (κ3) is 10.6. The molecule has 6 nitrogen and oxygen atoms in total. The van der Waals surface area contributed by atoms with Gasteiger partial charge in [0.2, 0.25) is 5.91 Å². The summed E-state index contributed by atoms with van der Waals surface area (Å²) in [6, 6.07) is 0. The second-order valence-corrected chi connectivity index (χ2v) is 5.01. The Balaban J connectivity index is 0. The summed E-state index contributed by atoms with van der Waals surface area (Å²) < 4.78 is 31.3. The Labute approximate surface area is 111 Å². The molecule has 0 radical (unpaired) electrons. The van der Waals surface area contributed by atoms with Crippen molar-refractivity contribution in [2.75, 3.05) is 12.4 Å². The van der Waals surface area contributed by atoms with Gasteiger partial charge in [0.15, 0.2) is 0 Å². The van der Waals surface area contributed by atoms with Crippen LogP contribution in [0.1, 0.15) is 20.3 Å². The minimum absolute atomic E-state index is 0. The number of hydrogen-bond acceptors (Lipinski definition) is 5. The fraction of sp³-hybridized carbons (Fsp3) is 0.857. The molecule has 0 atom stereocenters. The van der Waals surface area contributed by atoms with Crippen LogP contribution in [0.3, 0.4) is 0 Å². The van der Waals surface area contributed by atoms with Crippen molar-refractivity contribution >= 4 is 16.0 Å². The molecule has 0 fully saturated rings. The zero-order valence-electron chi connectivity index (χ0n) is 9.11. The van der Waals surface area contributed by atoms with Crippen molar-refractivity contribution in [1.29, 1.82) is 0 Å². The predicted octanol–water partition coefficient (Wildman–Crippen LogP) is -4.19. The summed E-state index contributed by atoms with van der Waals surface area (Å²) in [7, 11) is -4.37. The second kappa shape index (κ2) is 6.82. The average molecular weight is 247 g/mol. The quantitative estimate of drug-likeness (QED) is 0.378. The summed E-state index contributed by atoms with van der Waals surface area (Å²) in [5.41, 5.74) is -1.10. The van der Waals surface area contributed by atoms with Crippen LogP contribution >= 0.6 is 0 Å². The van der Waals surface area contributed by atoms with E-state index in [4.69, 9.17) is 5.11 Å². The van der Waals surface area contributed by atoms with E-state index in [9.17, 15) is 17.8 Å². The summed E-state index contributed by atoms with van der Waals surface area (Å²) in [5, 5.41) is 10.8. The smallest absolute Gasteiger partial charge is 0.748 e. The van der Waals surface area contributed by atoms with E-state index in [1.807, 2.05) is 0 Å². The molecule has 0 aliphatic carbocycles. The van der Waals surface area contributed by atoms with Crippen molar-refractivity contribution in [2.24, 2.45) is 0 Å². The fourth-order valence-electron chi connectivity index (χ4n) is 1.02. The maximum absolute atomic E-state index is 11.0. The van der Waals surface area contributed by atoms with Crippen molar-refractivity contribution in [3.8, 4) is 0 Å². The summed E-state index contributed by atoms with van der Waals surface area (Å²) >= 11 is 0. The van der Waals surface area contributed by atoms with Crippen molar-refractivity contribution in [3.05, 3.63) is 0 Å². The largest absolute Gasteiger partial charge is 1.00 e. The molecule has 0 saturated carbocycles. The summed E-state index contributed by atoms with van der Waals surface area (Å²) in [5.74, 6) is -1.15. The monoisotopic (exact) mass is 247 g/mol. The van der Waals surface area contributed by atoms with Gasteiger partial charge in [0, 0.05) is 12.0 Å². The van der Waals surface area contributed by atoms with Gasteiger partial charge in [0.1, 0.15) is 0 Å². The van der Waals surface area contributed by atoms with Gasteiger partial charge in [0.05, 0.1) is 22.5 Å². The molecule has 0 rings (SSSR count). The third-order valence-electron chi connectivity index (χ3n) is 1.35. The van der Waals surface area contributed by atoms with E-state index in [1.165, 1.54) is 13.8 Å². The fourth-order valence-corrected chi connectivity index (χ4v) is 1.98. The van der Waals surface area contributed by atoms with E-state index in [2.05, 4.69) is 5.32 Å². The maximum Gasteiger partial charge on any atom is 1.00 e. The molecule has 0 bridgehead atoms. The van der Waals surface area contributed by atoms with Crippen LogP contribution in [0.4, 0.5) is 0 Å². The van der Waals surface area contributed by atoms with Crippen molar-refractivity contribution < 1.29 is 52.4 Å². The molecular formula is C7H14NNaO5S. The van der Waals surface area contributed by atoms with Crippen LogP contribution in [0.2, 0.25) is 0 Å². The molecule has 84 valence electrons. The third-order valence-corrected chi connectivity index (χ3v) is 2.43. The van der Waals surface area contributed by atoms with E-state index in [0.29, 0.717) is 0 Å². The zero-order valence-corrected chi connectivity index (χ0v) is 11.9. The first-order valence-corrected chi connectivity index (χ1v) is 5.59. The Morgan fingerprint density at radius 2 is 1.93 bits per heavy atom. The Kier molecular flexibility index (Phi) is 8.06. The number of hydrogen-bond donors (Lipinski definition) is 2. The molecule has 0 aromatic heterocycles. The van der Waals surface area contributed by atoms with Gasteiger partial charge in [-0.3, -0.25) is 4.79 Å². The van der Waals surface area contributed by atoms with Gasteiger partial charge in [-0.2, -0.15) is 0 Å². The Bertz CT molecular complexity index is 301. The molecule has 0 heterocycles. The van der Waals surface area contributed by atoms with Gasteiger partial charge in [0.25, 0.3) is 0 Å². The molecule has 0 aliphatic heterocycles. The van der Waals surface area contributed by atoms with Crippen LogP contribution < -0.4 is 34.9 Å². The van der Waals surface area contributed by atoms with Crippen LogP contribution in [0.15, 0.2) is 0 Å². The SMILES string of the molecule is CC(C)(CS(=O)(=O)[O-])NC(=O)CCO.[Na+]. The van der Waals surface area contributed by atoms with Gasteiger partial charge in [-0.05, 0) is 13.8 Å². The number of amides is 1. The Morgan fingerprint density at radius 3 is 2.27 bits per heavy atom. The van der Waals surface area contributed by atoms with E-state index < -0.39 is 27.3 Å². The predicted molar refractivity (Wildman–Crippen MR) is 48.5 cm³/mol. The van der Waals surface area contributed by atoms with Crippen LogP contribution in [0.25, 0.3) is 0 Å². The minimum atomic E-state index is -4.37. The van der Waals surface area contributed by atoms with Gasteiger partial charge in [-0.1, -0.05) is 0 Å². The van der Waals surface area contributed by atoms with E-state index >= 15 is 0 Å². The van der Waals surface area contributed by atoms with Crippen molar-refractivity contribution in [2.45, 2.75) is 25.8 Å². The molecule has 0 aromatic carbocycles. The molecule has 1 amide bonds. The number of nitrogens with one attached hydrogen (secondary N) is 1. The van der Waals surface area contributed by atoms with E-state index in [0.717, 1.165) is 0 Å². The molecule has 0 saturated heterocycles. The standard InChI is InChI=1S/C7H15NO5S.Na/c1-7(2,5-14(11,12)13)8-6(10)3-4-9;/h9H,3-5H2,1-2H3,(H,8,10)(H,11,12,13);/q;+1/p-1. The van der Waals surface area contributed by atoms with Gasteiger partial charge in [-0.25, -0.2) is 8.42 Å². The van der Waals surface area contributed by atoms with Crippen LogP contribution in [-0.2, 0) is 14.9 Å². The van der Waals surface area contributed by atoms with Crippen molar-refractivity contribution in [1.82, 2.24) is 5.32 Å². The van der Waals surface area contributed by atoms with Crippen LogP contribution in [0, 0.1) is 0 Å². The molecule has 0 spiro atoms. The second-order valence-electron chi connectivity index (χ2n) is 3.61. The Morgan fingerprint density at radius 1 is 1.47 bits per heavy atom. The number of aliphatic hydroxyl groups is 1. The molecule has 0 unspecified atom stereocenters. The minimum Gasteiger partial charge on any atom is -0.748 e. The molecule has 15 heavy (non-hydrogen) atoms. The number of carbonyl (C=O) groups is 1. The van der Waals surface area contributed by atoms with E-state index in [-0.39, 0.29) is 42.6 Å². The normalized spacial score (nSPS) is 11.7. The summed E-state index contributed by atoms with van der Waals surface area (Å²) in [6.07, 6.45) is -0.109. The zero-order chi connectivity index (χ0) is 11.4. The van der Waals surface area contributed by atoms with Gasteiger partial charge < -0.3 is 15.0 Å². The van der Waals surface area contributed by atoms with Gasteiger partial charge >= 0.3 is 29.6 Å². The maximum atomic E-state index is 11.0. The molecular weight excluding hydrogens is 233 g/mol. The first-order valence-electron chi connectivity index (χ1n) is 4.02. The molecule has 0 aromatic rings. The molecule has 8 heteroatoms. The molecule has 2 N–H and O–H groups in total. The summed E-state index contributed by atoms with van der Waals surface area (Å²) in [4.78, 5) is 11.0. The van der Waals surface area contributed by atoms with Crippen molar-refractivity contribution in [3.63, 3.8) is 0 Å². The molecule has 0 aliphatic rings. The Hall–Kier alpha value is 0.340. The van der Waals surface area contributed by atoms with E-state index in [1.54, 1.807) is 0 Å². The number of carbonyl (C=O) groups excluding carboxylic acids is 1. The van der Waals surface area contributed by atoms with Gasteiger partial charge in [-0.15, -0.1) is 0 Å². The average Bonchev–Trinajstić information content (AvgIpc) is 1.78. The first-order chi connectivity index (χ1) is 6.16. The summed E-state index contributed by atoms with van der Waals surface area (Å²) in [6.45, 7) is 2.54. The first kappa shape index (κ1) is 17.7. The number of rotatable bonds is 5.